The molecule has 1 aliphatic heterocycles. The van der Waals surface area contributed by atoms with Crippen molar-refractivity contribution in [1.29, 1.82) is 0 Å². The number of hydrogen-bond donors (Lipinski definition) is 0. The van der Waals surface area contributed by atoms with Crippen molar-refractivity contribution in [1.82, 2.24) is 0 Å². The molecule has 4 heteroatoms. The van der Waals surface area contributed by atoms with E-state index in [1.54, 1.807) is 0 Å². The molecule has 148 valence electrons. The highest BCUT2D eigenvalue weighted by atomic mass is 32.1. The number of carbonyl (C=O) groups is 1. The Morgan fingerprint density at radius 3 is 2.25 bits per heavy atom. The molecule has 7 rings (SSSR count). The minimum Gasteiger partial charge on any atom is -0.481 e. The summed E-state index contributed by atoms with van der Waals surface area (Å²) in [5.74, 6) is 3.57. The first-order valence-corrected chi connectivity index (χ1v) is 12.0. The van der Waals surface area contributed by atoms with Gasteiger partial charge >= 0.3 is 0 Å². The molecular formula is C24H29NO2S. The van der Waals surface area contributed by atoms with Crippen LogP contribution in [-0.2, 0) is 11.1 Å². The Hall–Kier alpha value is -1.42. The summed E-state index contributed by atoms with van der Waals surface area (Å²) < 4.78 is 11.9. The molecule has 5 fully saturated rings. The summed E-state index contributed by atoms with van der Waals surface area (Å²) in [6.45, 7) is 0. The van der Waals surface area contributed by atoms with Gasteiger partial charge in [0.15, 0.2) is 0 Å². The number of rotatable bonds is 1. The van der Waals surface area contributed by atoms with Gasteiger partial charge in [-0.3, -0.25) is 4.79 Å². The summed E-state index contributed by atoms with van der Waals surface area (Å²) in [5, 5.41) is 0. The predicted molar refractivity (Wildman–Crippen MR) is 113 cm³/mol. The summed E-state index contributed by atoms with van der Waals surface area (Å²) >= 11 is 1.53. The Balaban J connectivity index is 1.45. The van der Waals surface area contributed by atoms with Crippen LogP contribution in [0.2, 0.25) is 0 Å². The van der Waals surface area contributed by atoms with Gasteiger partial charge < -0.3 is 4.74 Å². The van der Waals surface area contributed by atoms with Crippen molar-refractivity contribution in [3.05, 3.63) is 29.8 Å². The molecule has 0 unspecified atom stereocenters. The number of ether oxygens (including phenoxy) is 1. The Morgan fingerprint density at radius 2 is 1.57 bits per heavy atom. The van der Waals surface area contributed by atoms with Gasteiger partial charge in [0.25, 0.3) is 0 Å². The van der Waals surface area contributed by atoms with Gasteiger partial charge in [-0.05, 0) is 105 Å². The lowest BCUT2D eigenvalue weighted by Gasteiger charge is -2.54. The molecule has 0 radical (unpaired) electrons. The van der Waals surface area contributed by atoms with E-state index in [4.69, 9.17) is 9.10 Å². The van der Waals surface area contributed by atoms with Crippen molar-refractivity contribution in [2.75, 3.05) is 0 Å². The maximum atomic E-state index is 13.5. The summed E-state index contributed by atoms with van der Waals surface area (Å²) in [5.41, 5.74) is 0.418. The molecule has 5 aliphatic carbocycles. The third-order valence-electron chi connectivity index (χ3n) is 8.05. The monoisotopic (exact) mass is 395 g/mol. The van der Waals surface area contributed by atoms with Crippen LogP contribution in [0.25, 0.3) is 0 Å². The highest BCUT2D eigenvalue weighted by Gasteiger charge is 2.52. The zero-order valence-electron chi connectivity index (χ0n) is 16.5. The smallest absolute Gasteiger partial charge is 0.208 e. The van der Waals surface area contributed by atoms with E-state index in [0.717, 1.165) is 59.6 Å². The first kappa shape index (κ1) is 17.4. The molecule has 0 atom stereocenters. The number of Topliss-reactive ketones (excluding diaryl/α,β-unsaturated/α-hetero) is 1. The van der Waals surface area contributed by atoms with E-state index < -0.39 is 5.60 Å². The second kappa shape index (κ2) is 6.29. The van der Waals surface area contributed by atoms with E-state index in [1.807, 2.05) is 24.3 Å². The van der Waals surface area contributed by atoms with E-state index in [9.17, 15) is 4.79 Å². The first-order valence-electron chi connectivity index (χ1n) is 11.2. The Kier molecular flexibility index (Phi) is 3.92. The second-order valence-electron chi connectivity index (χ2n) is 10.1. The average molecular weight is 396 g/mol. The third-order valence-corrected chi connectivity index (χ3v) is 9.27. The van der Waals surface area contributed by atoms with Gasteiger partial charge in [0.2, 0.25) is 5.78 Å². The van der Waals surface area contributed by atoms with Gasteiger partial charge in [-0.1, -0.05) is 18.6 Å². The Labute approximate surface area is 171 Å². The minimum atomic E-state index is -0.430. The lowest BCUT2D eigenvalue weighted by Crippen LogP contribution is -2.53. The van der Waals surface area contributed by atoms with Crippen LogP contribution in [0.5, 0.6) is 5.75 Å². The number of hydrogen-bond acceptors (Lipinski definition) is 3. The summed E-state index contributed by atoms with van der Waals surface area (Å²) in [7, 11) is 0. The number of benzene rings is 1. The van der Waals surface area contributed by atoms with Crippen LogP contribution in [0.1, 0.15) is 81.0 Å². The molecule has 0 aromatic heterocycles. The van der Waals surface area contributed by atoms with Gasteiger partial charge in [0.05, 0.1) is 11.1 Å². The maximum absolute atomic E-state index is 13.5. The van der Waals surface area contributed by atoms with Crippen LogP contribution in [0.3, 0.4) is 0 Å². The fraction of sp³-hybridized carbons (Fsp3) is 0.667. The molecule has 1 aromatic carbocycles. The van der Waals surface area contributed by atoms with Crippen molar-refractivity contribution < 1.29 is 9.53 Å². The zero-order valence-corrected chi connectivity index (χ0v) is 17.3. The predicted octanol–water partition coefficient (Wildman–Crippen LogP) is 5.37. The molecule has 6 aliphatic rings. The molecule has 5 saturated carbocycles. The van der Waals surface area contributed by atoms with Crippen molar-refractivity contribution >= 4 is 21.8 Å². The SMILES string of the molecule is O=C1C(=S=NC23CC4CC(CC(C4)C2)C3)C2(CCCCC2)Oc2ccccc21. The fourth-order valence-corrected chi connectivity index (χ4v) is 8.34. The molecular weight excluding hydrogens is 366 g/mol. The fourth-order valence-electron chi connectivity index (χ4n) is 7.23. The van der Waals surface area contributed by atoms with Gasteiger partial charge in [0.1, 0.15) is 16.2 Å². The molecule has 0 saturated heterocycles. The molecule has 0 amide bonds. The quantitative estimate of drug-likeness (QED) is 0.600. The Bertz CT molecular complexity index is 856. The van der Waals surface area contributed by atoms with Crippen LogP contribution in [0.15, 0.2) is 28.6 Å². The number of ketones is 1. The van der Waals surface area contributed by atoms with Crippen LogP contribution in [0, 0.1) is 17.8 Å². The van der Waals surface area contributed by atoms with E-state index in [0.29, 0.717) is 0 Å². The van der Waals surface area contributed by atoms with Gasteiger partial charge in [0, 0.05) is 0 Å². The first-order chi connectivity index (χ1) is 13.6. The van der Waals surface area contributed by atoms with Crippen LogP contribution >= 0.6 is 0 Å². The molecule has 1 heterocycles. The summed E-state index contributed by atoms with van der Waals surface area (Å²) in [6, 6.07) is 7.79. The number of carbonyl (C=O) groups excluding carboxylic acids is 1. The minimum absolute atomic E-state index is 0.125. The third kappa shape index (κ3) is 2.67. The van der Waals surface area contributed by atoms with E-state index in [1.165, 1.54) is 56.1 Å². The zero-order chi connectivity index (χ0) is 18.8. The van der Waals surface area contributed by atoms with Crippen molar-refractivity contribution in [2.24, 2.45) is 22.1 Å². The molecule has 1 spiro atoms. The normalized spacial score (nSPS) is 37.5. The van der Waals surface area contributed by atoms with Crippen molar-refractivity contribution in [3.63, 3.8) is 0 Å². The van der Waals surface area contributed by atoms with E-state index >= 15 is 0 Å². The number of fused-ring (bicyclic) bond motifs is 1. The van der Waals surface area contributed by atoms with Crippen LogP contribution in [0.4, 0.5) is 0 Å². The van der Waals surface area contributed by atoms with E-state index in [-0.39, 0.29) is 11.3 Å². The van der Waals surface area contributed by atoms with Crippen molar-refractivity contribution in [3.8, 4) is 5.75 Å². The van der Waals surface area contributed by atoms with E-state index in [2.05, 4.69) is 0 Å². The number of para-hydroxylation sites is 1. The Morgan fingerprint density at radius 1 is 0.929 bits per heavy atom. The molecule has 3 nitrogen and oxygen atoms in total. The highest BCUT2D eigenvalue weighted by Crippen LogP contribution is 2.57. The van der Waals surface area contributed by atoms with Gasteiger partial charge in [-0.25, -0.2) is 4.36 Å². The summed E-state index contributed by atoms with van der Waals surface area (Å²) in [6.07, 6.45) is 13.4. The lowest BCUT2D eigenvalue weighted by molar-refractivity contribution is 0.00291. The topological polar surface area (TPSA) is 38.7 Å². The molecule has 28 heavy (non-hydrogen) atoms. The number of nitrogens with zero attached hydrogens (tertiary/aromatic N) is 1. The average Bonchev–Trinajstić information content (AvgIpc) is 2.67. The maximum Gasteiger partial charge on any atom is 0.208 e. The van der Waals surface area contributed by atoms with Crippen LogP contribution < -0.4 is 4.74 Å². The lowest BCUT2D eigenvalue weighted by atomic mass is 9.53. The molecule has 4 bridgehead atoms. The molecule has 0 N–H and O–H groups in total. The van der Waals surface area contributed by atoms with Crippen LogP contribution in [-0.4, -0.2) is 21.8 Å². The second-order valence-corrected chi connectivity index (χ2v) is 10.9. The molecule has 1 aromatic rings. The largest absolute Gasteiger partial charge is 0.481 e. The van der Waals surface area contributed by atoms with Crippen molar-refractivity contribution in [2.45, 2.75) is 81.8 Å². The standard InChI is InChI=1S/C24H29NO2S/c26-21-19-6-2-3-7-20(19)27-24(8-4-1-5-9-24)22(21)28-25-23-13-16-10-17(14-23)12-18(11-16)15-23/h2-3,6-7,16-18H,1,4-5,8-15H2. The van der Waals surface area contributed by atoms with Gasteiger partial charge in [-0.15, -0.1) is 0 Å². The highest BCUT2D eigenvalue weighted by molar-refractivity contribution is 7.71. The van der Waals surface area contributed by atoms with Gasteiger partial charge in [-0.2, -0.15) is 0 Å². The summed E-state index contributed by atoms with van der Waals surface area (Å²) in [4.78, 5) is 14.4.